The van der Waals surface area contributed by atoms with Gasteiger partial charge in [-0.25, -0.2) is 0 Å². The van der Waals surface area contributed by atoms with Crippen LogP contribution in [0.25, 0.3) is 16.5 Å². The summed E-state index contributed by atoms with van der Waals surface area (Å²) in [5, 5.41) is 4.40. The maximum Gasteiger partial charge on any atom is 0.130 e. The van der Waals surface area contributed by atoms with Crippen LogP contribution < -0.4 is 14.8 Å². The molecular formula is C26H26N2O2. The smallest absolute Gasteiger partial charge is 0.130 e. The zero-order valence-electron chi connectivity index (χ0n) is 17.4. The van der Waals surface area contributed by atoms with Gasteiger partial charge in [0, 0.05) is 23.7 Å². The Morgan fingerprint density at radius 2 is 2.13 bits per heavy atom. The number of aromatic nitrogens is 1. The van der Waals surface area contributed by atoms with Gasteiger partial charge in [-0.15, -0.1) is 0 Å². The Hall–Kier alpha value is -3.53. The molecule has 0 aliphatic carbocycles. The fraction of sp³-hybridized carbons (Fsp3) is 0.192. The SMILES string of the molecule is C=C(/C=C\C1CC(COc2ccnc3cc(OC)ccc23)=CN1)c1cccc(C)c1. The largest absolute Gasteiger partial charge is 0.497 e. The number of nitrogens with one attached hydrogen (secondary N) is 1. The molecule has 30 heavy (non-hydrogen) atoms. The van der Waals surface area contributed by atoms with E-state index in [-0.39, 0.29) is 6.04 Å². The minimum Gasteiger partial charge on any atom is -0.497 e. The third-order valence-electron chi connectivity index (χ3n) is 5.23. The predicted molar refractivity (Wildman–Crippen MR) is 123 cm³/mol. The molecule has 0 fully saturated rings. The predicted octanol–water partition coefficient (Wildman–Crippen LogP) is 5.45. The van der Waals surface area contributed by atoms with Crippen molar-refractivity contribution in [2.45, 2.75) is 19.4 Å². The molecule has 2 aromatic carbocycles. The highest BCUT2D eigenvalue weighted by molar-refractivity contribution is 5.86. The van der Waals surface area contributed by atoms with Gasteiger partial charge in [0.05, 0.1) is 12.6 Å². The average Bonchev–Trinajstić information content (AvgIpc) is 3.23. The van der Waals surface area contributed by atoms with E-state index in [2.05, 4.69) is 66.4 Å². The number of rotatable bonds is 7. The van der Waals surface area contributed by atoms with Gasteiger partial charge in [-0.2, -0.15) is 0 Å². The van der Waals surface area contributed by atoms with Crippen LogP contribution >= 0.6 is 0 Å². The maximum atomic E-state index is 6.10. The number of allylic oxidation sites excluding steroid dienone is 2. The Kier molecular flexibility index (Phi) is 5.84. The molecule has 3 aromatic rings. The van der Waals surface area contributed by atoms with Crippen LogP contribution in [0.1, 0.15) is 17.5 Å². The lowest BCUT2D eigenvalue weighted by molar-refractivity contribution is 0.352. The van der Waals surface area contributed by atoms with Crippen molar-refractivity contribution in [1.82, 2.24) is 10.3 Å². The lowest BCUT2D eigenvalue weighted by Gasteiger charge is -2.11. The van der Waals surface area contributed by atoms with Crippen molar-refractivity contribution in [3.05, 3.63) is 96.4 Å². The number of hydrogen-bond acceptors (Lipinski definition) is 4. The lowest BCUT2D eigenvalue weighted by Crippen LogP contribution is -2.15. The molecule has 1 atom stereocenters. The Morgan fingerprint density at radius 3 is 2.97 bits per heavy atom. The zero-order chi connectivity index (χ0) is 20.9. The standard InChI is InChI=1S/C26H26N2O2/c1-18-5-4-6-21(13-18)19(2)7-8-22-14-20(16-28-22)17-30-26-11-12-27-25-15-23(29-3)9-10-24(25)26/h4-13,15-16,22,28H,2,14,17H2,1,3H3/b8-7-. The van der Waals surface area contributed by atoms with Gasteiger partial charge in [0.2, 0.25) is 0 Å². The van der Waals surface area contributed by atoms with Crippen molar-refractivity contribution in [3.63, 3.8) is 0 Å². The molecule has 0 saturated carbocycles. The molecule has 4 nitrogen and oxygen atoms in total. The fourth-order valence-electron chi connectivity index (χ4n) is 3.55. The van der Waals surface area contributed by atoms with Crippen molar-refractivity contribution >= 4 is 16.5 Å². The second-order valence-electron chi connectivity index (χ2n) is 7.51. The molecule has 2 heterocycles. The molecule has 1 unspecified atom stereocenters. The molecule has 1 N–H and O–H groups in total. The van der Waals surface area contributed by atoms with Crippen molar-refractivity contribution < 1.29 is 9.47 Å². The minimum absolute atomic E-state index is 0.253. The van der Waals surface area contributed by atoms with Gasteiger partial charge in [-0.1, -0.05) is 48.6 Å². The first-order chi connectivity index (χ1) is 14.6. The van der Waals surface area contributed by atoms with E-state index < -0.39 is 0 Å². The molecule has 0 radical (unpaired) electrons. The van der Waals surface area contributed by atoms with E-state index in [1.54, 1.807) is 13.3 Å². The van der Waals surface area contributed by atoms with E-state index in [4.69, 9.17) is 9.47 Å². The summed E-state index contributed by atoms with van der Waals surface area (Å²) in [5.74, 6) is 1.62. The topological polar surface area (TPSA) is 43.4 Å². The molecule has 152 valence electrons. The van der Waals surface area contributed by atoms with E-state index in [0.29, 0.717) is 6.61 Å². The number of nitrogens with zero attached hydrogens (tertiary/aromatic N) is 1. The van der Waals surface area contributed by atoms with Gasteiger partial charge in [0.25, 0.3) is 0 Å². The lowest BCUT2D eigenvalue weighted by atomic mass is 10.0. The minimum atomic E-state index is 0.253. The van der Waals surface area contributed by atoms with E-state index in [9.17, 15) is 0 Å². The summed E-state index contributed by atoms with van der Waals surface area (Å²) in [6.07, 6.45) is 8.99. The summed E-state index contributed by atoms with van der Waals surface area (Å²) >= 11 is 0. The normalized spacial score (nSPS) is 15.8. The number of hydrogen-bond donors (Lipinski definition) is 1. The summed E-state index contributed by atoms with van der Waals surface area (Å²) in [5.41, 5.74) is 5.50. The first-order valence-corrected chi connectivity index (χ1v) is 10.1. The quantitative estimate of drug-likeness (QED) is 0.538. The number of benzene rings is 2. The van der Waals surface area contributed by atoms with Crippen LogP contribution in [0, 0.1) is 6.92 Å². The molecule has 1 aliphatic heterocycles. The van der Waals surface area contributed by atoms with Crippen LogP contribution in [-0.2, 0) is 0 Å². The van der Waals surface area contributed by atoms with E-state index in [1.807, 2.05) is 24.3 Å². The van der Waals surface area contributed by atoms with E-state index in [0.717, 1.165) is 40.0 Å². The molecule has 0 saturated heterocycles. The molecule has 1 aromatic heterocycles. The van der Waals surface area contributed by atoms with Crippen molar-refractivity contribution in [2.75, 3.05) is 13.7 Å². The highest BCUT2D eigenvalue weighted by Gasteiger charge is 2.15. The first-order valence-electron chi connectivity index (χ1n) is 10.1. The fourth-order valence-corrected chi connectivity index (χ4v) is 3.55. The van der Waals surface area contributed by atoms with Gasteiger partial charge in [-0.05, 0) is 54.5 Å². The molecule has 4 heteroatoms. The summed E-state index contributed by atoms with van der Waals surface area (Å²) in [7, 11) is 1.65. The van der Waals surface area contributed by atoms with Crippen molar-refractivity contribution in [1.29, 1.82) is 0 Å². The number of methoxy groups -OCH3 is 1. The summed E-state index contributed by atoms with van der Waals surface area (Å²) in [4.78, 5) is 4.41. The Labute approximate surface area is 177 Å². The number of fused-ring (bicyclic) bond motifs is 1. The second-order valence-corrected chi connectivity index (χ2v) is 7.51. The first kappa shape index (κ1) is 19.8. The third-order valence-corrected chi connectivity index (χ3v) is 5.23. The van der Waals surface area contributed by atoms with Crippen LogP contribution in [-0.4, -0.2) is 24.7 Å². The molecule has 1 aliphatic rings. The van der Waals surface area contributed by atoms with E-state index in [1.165, 1.54) is 11.1 Å². The van der Waals surface area contributed by atoms with E-state index >= 15 is 0 Å². The monoisotopic (exact) mass is 398 g/mol. The number of ether oxygens (including phenoxy) is 2. The highest BCUT2D eigenvalue weighted by atomic mass is 16.5. The summed E-state index contributed by atoms with van der Waals surface area (Å²) in [6, 6.07) is 16.4. The molecular weight excluding hydrogens is 372 g/mol. The second kappa shape index (κ2) is 8.87. The van der Waals surface area contributed by atoms with Crippen molar-refractivity contribution in [3.8, 4) is 11.5 Å². The summed E-state index contributed by atoms with van der Waals surface area (Å²) < 4.78 is 11.4. The molecule has 0 bridgehead atoms. The third kappa shape index (κ3) is 4.54. The average molecular weight is 399 g/mol. The molecule has 4 rings (SSSR count). The highest BCUT2D eigenvalue weighted by Crippen LogP contribution is 2.28. The number of aryl methyl sites for hydroxylation is 1. The van der Waals surface area contributed by atoms with Crippen molar-refractivity contribution in [2.24, 2.45) is 0 Å². The van der Waals surface area contributed by atoms with Gasteiger partial charge in [0.15, 0.2) is 0 Å². The van der Waals surface area contributed by atoms with Crippen LogP contribution in [0.5, 0.6) is 11.5 Å². The summed E-state index contributed by atoms with van der Waals surface area (Å²) in [6.45, 7) is 6.83. The Bertz CT molecular complexity index is 1130. The van der Waals surface area contributed by atoms with Crippen LogP contribution in [0.15, 0.2) is 85.2 Å². The van der Waals surface area contributed by atoms with Crippen LogP contribution in [0.2, 0.25) is 0 Å². The molecule has 0 spiro atoms. The van der Waals surface area contributed by atoms with Crippen LogP contribution in [0.3, 0.4) is 0 Å². The van der Waals surface area contributed by atoms with Crippen LogP contribution in [0.4, 0.5) is 0 Å². The van der Waals surface area contributed by atoms with Gasteiger partial charge in [0.1, 0.15) is 18.1 Å². The van der Waals surface area contributed by atoms with Gasteiger partial charge in [-0.3, -0.25) is 4.98 Å². The van der Waals surface area contributed by atoms with Gasteiger partial charge >= 0.3 is 0 Å². The number of pyridine rings is 1. The molecule has 0 amide bonds. The van der Waals surface area contributed by atoms with Gasteiger partial charge < -0.3 is 14.8 Å². The maximum absolute atomic E-state index is 6.10. The zero-order valence-corrected chi connectivity index (χ0v) is 17.4. The Balaban J connectivity index is 1.34. The Morgan fingerprint density at radius 1 is 1.23 bits per heavy atom.